The van der Waals surface area contributed by atoms with Crippen molar-refractivity contribution < 1.29 is 13.2 Å². The standard InChI is InChI=1S/C16H25N3O3S/c1-17-16(20)13-6-8-15(9-7-13)23(21,22)19-11-4-5-14(10-12-19)18(2)3/h6-9,14H,4-5,10-12H2,1-3H3,(H,17,20). The molecular weight excluding hydrogens is 314 g/mol. The van der Waals surface area contributed by atoms with Gasteiger partial charge in [0.1, 0.15) is 0 Å². The number of carbonyl (C=O) groups excluding carboxylic acids is 1. The van der Waals surface area contributed by atoms with Crippen LogP contribution < -0.4 is 5.32 Å². The Morgan fingerprint density at radius 2 is 1.83 bits per heavy atom. The Hall–Kier alpha value is -1.44. The van der Waals surface area contributed by atoms with Crippen molar-refractivity contribution in [3.8, 4) is 0 Å². The third kappa shape index (κ3) is 4.10. The zero-order valence-electron chi connectivity index (χ0n) is 13.9. The number of carbonyl (C=O) groups is 1. The first-order chi connectivity index (χ1) is 10.9. The molecule has 1 unspecified atom stereocenters. The van der Waals surface area contributed by atoms with Gasteiger partial charge >= 0.3 is 0 Å². The first kappa shape index (κ1) is 17.9. The third-order valence-electron chi connectivity index (χ3n) is 4.37. The molecule has 1 atom stereocenters. The van der Waals surface area contributed by atoms with Gasteiger partial charge < -0.3 is 10.2 Å². The van der Waals surface area contributed by atoms with E-state index in [-0.39, 0.29) is 10.8 Å². The van der Waals surface area contributed by atoms with Gasteiger partial charge in [-0.1, -0.05) is 0 Å². The number of nitrogens with one attached hydrogen (secondary N) is 1. The molecule has 0 bridgehead atoms. The lowest BCUT2D eigenvalue weighted by Crippen LogP contribution is -2.33. The molecule has 1 aliphatic rings. The Morgan fingerprint density at radius 3 is 2.39 bits per heavy atom. The lowest BCUT2D eigenvalue weighted by Gasteiger charge is -2.23. The quantitative estimate of drug-likeness (QED) is 0.893. The van der Waals surface area contributed by atoms with Crippen molar-refractivity contribution >= 4 is 15.9 Å². The summed E-state index contributed by atoms with van der Waals surface area (Å²) >= 11 is 0. The molecule has 1 N–H and O–H groups in total. The predicted octanol–water partition coefficient (Wildman–Crippen LogP) is 1.15. The Labute approximate surface area is 138 Å². The van der Waals surface area contributed by atoms with Crippen molar-refractivity contribution in [2.75, 3.05) is 34.2 Å². The van der Waals surface area contributed by atoms with Crippen molar-refractivity contribution in [1.29, 1.82) is 0 Å². The van der Waals surface area contributed by atoms with Gasteiger partial charge in [-0.2, -0.15) is 4.31 Å². The van der Waals surface area contributed by atoms with Crippen LogP contribution in [0.25, 0.3) is 0 Å². The molecule has 2 rings (SSSR count). The van der Waals surface area contributed by atoms with E-state index in [9.17, 15) is 13.2 Å². The van der Waals surface area contributed by atoms with Crippen LogP contribution in [0.15, 0.2) is 29.2 Å². The lowest BCUT2D eigenvalue weighted by molar-refractivity contribution is 0.0963. The average Bonchev–Trinajstić information content (AvgIpc) is 2.81. The van der Waals surface area contributed by atoms with Crippen molar-refractivity contribution in [3.05, 3.63) is 29.8 Å². The molecule has 1 amide bonds. The number of amides is 1. The summed E-state index contributed by atoms with van der Waals surface area (Å²) in [7, 11) is 2.11. The van der Waals surface area contributed by atoms with E-state index in [1.807, 2.05) is 14.1 Å². The summed E-state index contributed by atoms with van der Waals surface area (Å²) in [6.07, 6.45) is 2.70. The molecule has 0 spiro atoms. The number of sulfonamides is 1. The summed E-state index contributed by atoms with van der Waals surface area (Å²) in [5, 5.41) is 2.52. The largest absolute Gasteiger partial charge is 0.355 e. The number of benzene rings is 1. The fraction of sp³-hybridized carbons (Fsp3) is 0.562. The van der Waals surface area contributed by atoms with E-state index in [1.165, 1.54) is 12.1 Å². The highest BCUT2D eigenvalue weighted by Crippen LogP contribution is 2.22. The molecule has 1 aromatic carbocycles. The van der Waals surface area contributed by atoms with Crippen LogP contribution in [-0.4, -0.2) is 63.8 Å². The summed E-state index contributed by atoms with van der Waals surface area (Å²) < 4.78 is 27.1. The van der Waals surface area contributed by atoms with Gasteiger partial charge in [-0.05, 0) is 57.6 Å². The highest BCUT2D eigenvalue weighted by Gasteiger charge is 2.28. The van der Waals surface area contributed by atoms with Crippen LogP contribution in [-0.2, 0) is 10.0 Å². The SMILES string of the molecule is CNC(=O)c1ccc(S(=O)(=O)N2CCCC(N(C)C)CC2)cc1. The molecule has 1 aromatic rings. The van der Waals surface area contributed by atoms with Crippen molar-refractivity contribution in [3.63, 3.8) is 0 Å². The second-order valence-corrected chi connectivity index (χ2v) is 7.99. The van der Waals surface area contributed by atoms with Crippen molar-refractivity contribution in [2.45, 2.75) is 30.2 Å². The molecule has 0 aromatic heterocycles. The van der Waals surface area contributed by atoms with E-state index >= 15 is 0 Å². The minimum absolute atomic E-state index is 0.224. The maximum Gasteiger partial charge on any atom is 0.251 e. The van der Waals surface area contributed by atoms with E-state index in [0.717, 1.165) is 19.3 Å². The molecule has 1 saturated heterocycles. The first-order valence-electron chi connectivity index (χ1n) is 7.85. The summed E-state index contributed by atoms with van der Waals surface area (Å²) in [6.45, 7) is 1.08. The lowest BCUT2D eigenvalue weighted by atomic mass is 10.1. The van der Waals surface area contributed by atoms with Gasteiger partial charge in [-0.3, -0.25) is 4.79 Å². The zero-order valence-corrected chi connectivity index (χ0v) is 14.8. The Morgan fingerprint density at radius 1 is 1.17 bits per heavy atom. The van der Waals surface area contributed by atoms with Gasteiger partial charge in [0.05, 0.1) is 4.90 Å². The minimum Gasteiger partial charge on any atom is -0.355 e. The van der Waals surface area contributed by atoms with E-state index in [2.05, 4.69) is 10.2 Å². The third-order valence-corrected chi connectivity index (χ3v) is 6.28. The smallest absolute Gasteiger partial charge is 0.251 e. The summed E-state index contributed by atoms with van der Waals surface area (Å²) in [5.74, 6) is -0.224. The summed E-state index contributed by atoms with van der Waals surface area (Å²) in [5.41, 5.74) is 0.454. The maximum atomic E-state index is 12.8. The molecule has 0 radical (unpaired) electrons. The molecule has 0 saturated carbocycles. The van der Waals surface area contributed by atoms with Gasteiger partial charge in [0.25, 0.3) is 5.91 Å². The van der Waals surface area contributed by atoms with Crippen LogP contribution in [0.3, 0.4) is 0 Å². The van der Waals surface area contributed by atoms with Gasteiger partial charge in [0, 0.05) is 31.7 Å². The summed E-state index contributed by atoms with van der Waals surface area (Å²) in [6, 6.07) is 6.53. The number of hydrogen-bond donors (Lipinski definition) is 1. The average molecular weight is 339 g/mol. The topological polar surface area (TPSA) is 69.7 Å². The molecule has 23 heavy (non-hydrogen) atoms. The van der Waals surface area contributed by atoms with E-state index < -0.39 is 10.0 Å². The van der Waals surface area contributed by atoms with E-state index in [4.69, 9.17) is 0 Å². The van der Waals surface area contributed by atoms with Crippen molar-refractivity contribution in [2.24, 2.45) is 0 Å². The maximum absolute atomic E-state index is 12.8. The predicted molar refractivity (Wildman–Crippen MR) is 89.9 cm³/mol. The zero-order chi connectivity index (χ0) is 17.0. The molecule has 1 heterocycles. The molecule has 6 nitrogen and oxygen atoms in total. The molecular formula is C16H25N3O3S. The number of rotatable bonds is 4. The highest BCUT2D eigenvalue weighted by atomic mass is 32.2. The fourth-order valence-corrected chi connectivity index (χ4v) is 4.37. The van der Waals surface area contributed by atoms with E-state index in [0.29, 0.717) is 24.7 Å². The monoisotopic (exact) mass is 339 g/mol. The van der Waals surface area contributed by atoms with Crippen LogP contribution in [0.4, 0.5) is 0 Å². The van der Waals surface area contributed by atoms with Crippen LogP contribution in [0.5, 0.6) is 0 Å². The van der Waals surface area contributed by atoms with Crippen LogP contribution in [0.1, 0.15) is 29.6 Å². The molecule has 1 aliphatic heterocycles. The molecule has 1 fully saturated rings. The van der Waals surface area contributed by atoms with Gasteiger partial charge in [0.2, 0.25) is 10.0 Å². The Kier molecular flexibility index (Phi) is 5.78. The molecule has 128 valence electrons. The first-order valence-corrected chi connectivity index (χ1v) is 9.29. The second kappa shape index (κ2) is 7.42. The van der Waals surface area contributed by atoms with Crippen LogP contribution >= 0.6 is 0 Å². The molecule has 7 heteroatoms. The molecule has 0 aliphatic carbocycles. The van der Waals surface area contributed by atoms with Gasteiger partial charge in [-0.15, -0.1) is 0 Å². The van der Waals surface area contributed by atoms with Crippen LogP contribution in [0, 0.1) is 0 Å². The van der Waals surface area contributed by atoms with E-state index in [1.54, 1.807) is 23.5 Å². The fourth-order valence-electron chi connectivity index (χ4n) is 2.88. The minimum atomic E-state index is -3.50. The number of hydrogen-bond acceptors (Lipinski definition) is 4. The Balaban J connectivity index is 2.16. The number of nitrogens with zero attached hydrogens (tertiary/aromatic N) is 2. The normalized spacial score (nSPS) is 20.3. The Bertz CT molecular complexity index is 641. The van der Waals surface area contributed by atoms with Gasteiger partial charge in [-0.25, -0.2) is 8.42 Å². The van der Waals surface area contributed by atoms with Crippen molar-refractivity contribution in [1.82, 2.24) is 14.5 Å². The van der Waals surface area contributed by atoms with Gasteiger partial charge in [0.15, 0.2) is 0 Å². The van der Waals surface area contributed by atoms with Crippen LogP contribution in [0.2, 0.25) is 0 Å². The highest BCUT2D eigenvalue weighted by molar-refractivity contribution is 7.89. The summed E-state index contributed by atoms with van der Waals surface area (Å²) in [4.78, 5) is 14.0. The second-order valence-electron chi connectivity index (χ2n) is 6.06.